The number of unbranched alkanes of at least 4 members (excludes halogenated alkanes) is 8. The number of nitrogens with two attached hydrogens (primary N) is 1. The zero-order valence-electron chi connectivity index (χ0n) is 25.2. The summed E-state index contributed by atoms with van der Waals surface area (Å²) in [5.41, 5.74) is 5.63. The van der Waals surface area contributed by atoms with Crippen LogP contribution in [0.25, 0.3) is 0 Å². The van der Waals surface area contributed by atoms with E-state index in [9.17, 15) is 24.0 Å². The predicted octanol–water partition coefficient (Wildman–Crippen LogP) is 3.79. The van der Waals surface area contributed by atoms with Crippen molar-refractivity contribution in [3.05, 3.63) is 0 Å². The summed E-state index contributed by atoms with van der Waals surface area (Å²) in [5.74, 6) is -1.17. The molecule has 2 fully saturated rings. The van der Waals surface area contributed by atoms with Gasteiger partial charge in [0.05, 0.1) is 0 Å². The van der Waals surface area contributed by atoms with E-state index in [1.54, 1.807) is 0 Å². The Morgan fingerprint density at radius 1 is 0.902 bits per heavy atom. The summed E-state index contributed by atoms with van der Waals surface area (Å²) in [6.45, 7) is 0.798. The van der Waals surface area contributed by atoms with Gasteiger partial charge in [-0.2, -0.15) is 0 Å². The summed E-state index contributed by atoms with van der Waals surface area (Å²) < 4.78 is 0. The Morgan fingerprint density at radius 2 is 1.54 bits per heavy atom. The van der Waals surface area contributed by atoms with Crippen LogP contribution in [0.3, 0.4) is 0 Å². The number of aliphatic carboxylic acids is 1. The molecule has 1 aliphatic heterocycles. The number of nitrogens with zero attached hydrogens (tertiary/aromatic N) is 2. The molecule has 0 unspecified atom stereocenters. The molecule has 41 heavy (non-hydrogen) atoms. The van der Waals surface area contributed by atoms with Crippen LogP contribution < -0.4 is 11.1 Å². The molecule has 0 bridgehead atoms. The molecule has 1 aliphatic carbocycles. The fraction of sp³-hybridized carbons (Fsp3) is 0.839. The highest BCUT2D eigenvalue weighted by molar-refractivity contribution is 5.98. The third-order valence-electron chi connectivity index (χ3n) is 8.69. The number of piperazine rings is 1. The van der Waals surface area contributed by atoms with Crippen molar-refractivity contribution in [1.29, 1.82) is 0 Å². The van der Waals surface area contributed by atoms with Crippen LogP contribution in [0.1, 0.15) is 122 Å². The maximum atomic E-state index is 13.2. The van der Waals surface area contributed by atoms with Crippen molar-refractivity contribution in [3.8, 4) is 0 Å². The Morgan fingerprint density at radius 3 is 2.17 bits per heavy atom. The normalized spacial score (nSPS) is 18.9. The zero-order valence-corrected chi connectivity index (χ0v) is 25.2. The van der Waals surface area contributed by atoms with Crippen LogP contribution in [0.15, 0.2) is 0 Å². The molecule has 2 rings (SSSR count). The number of hydrogen-bond acceptors (Lipinski definition) is 6. The van der Waals surface area contributed by atoms with Gasteiger partial charge in [0.1, 0.15) is 24.4 Å². The van der Waals surface area contributed by atoms with Crippen molar-refractivity contribution in [2.45, 2.75) is 134 Å². The maximum Gasteiger partial charge on any atom is 0.303 e. The van der Waals surface area contributed by atoms with Crippen LogP contribution in [-0.4, -0.2) is 83.1 Å². The Kier molecular flexibility index (Phi) is 16.6. The van der Waals surface area contributed by atoms with Gasteiger partial charge in [-0.1, -0.05) is 57.8 Å². The second-order valence-electron chi connectivity index (χ2n) is 11.9. The van der Waals surface area contributed by atoms with Crippen LogP contribution >= 0.6 is 0 Å². The molecule has 0 aromatic rings. The minimum absolute atomic E-state index is 0.0165. The minimum atomic E-state index is -1.03. The van der Waals surface area contributed by atoms with Crippen molar-refractivity contribution in [2.75, 3.05) is 26.7 Å². The monoisotopic (exact) mass is 578 g/mol. The van der Waals surface area contributed by atoms with Gasteiger partial charge in [-0.25, -0.2) is 0 Å². The second kappa shape index (κ2) is 19.6. The maximum absolute atomic E-state index is 13.2. The summed E-state index contributed by atoms with van der Waals surface area (Å²) in [4.78, 5) is 65.0. The standard InChI is InChI=1S/C31H54N4O6/c1-34-26(19-20-29(38)39)31(41)35(23-28(34)37)25(17-12-13-21-32)30(40)33-22-14-7-5-3-2-4-6-11-18-27(36)24-15-9-8-10-16-24/h24-26H,2-23,32H2,1H3,(H,33,40)(H,38,39)/t25-,26-/m0/s1. The third-order valence-corrected chi connectivity index (χ3v) is 8.69. The summed E-state index contributed by atoms with van der Waals surface area (Å²) in [6.07, 6.45) is 16.7. The number of carboxylic acids is 1. The van der Waals surface area contributed by atoms with Crippen molar-refractivity contribution < 1.29 is 29.1 Å². The molecular formula is C31H54N4O6. The van der Waals surface area contributed by atoms with Crippen molar-refractivity contribution >= 4 is 29.5 Å². The fourth-order valence-corrected chi connectivity index (χ4v) is 6.06. The molecule has 234 valence electrons. The van der Waals surface area contributed by atoms with Gasteiger partial charge in [0.2, 0.25) is 17.7 Å². The van der Waals surface area contributed by atoms with E-state index >= 15 is 0 Å². The molecular weight excluding hydrogens is 524 g/mol. The smallest absolute Gasteiger partial charge is 0.303 e. The number of likely N-dealkylation sites (N-methyl/N-ethyl adjacent to an activating group) is 1. The van der Waals surface area contributed by atoms with Gasteiger partial charge in [-0.15, -0.1) is 0 Å². The molecule has 2 aliphatic rings. The van der Waals surface area contributed by atoms with Gasteiger partial charge in [-0.05, 0) is 57.9 Å². The number of carboxylic acid groups (broad SMARTS) is 1. The lowest BCUT2D eigenvalue weighted by atomic mass is 9.84. The molecule has 1 heterocycles. The van der Waals surface area contributed by atoms with E-state index in [0.29, 0.717) is 44.1 Å². The molecule has 10 heteroatoms. The molecule has 1 saturated heterocycles. The average Bonchev–Trinajstić information content (AvgIpc) is 2.96. The zero-order chi connectivity index (χ0) is 30.0. The van der Waals surface area contributed by atoms with E-state index in [4.69, 9.17) is 10.8 Å². The van der Waals surface area contributed by atoms with Crippen molar-refractivity contribution in [3.63, 3.8) is 0 Å². The number of amides is 3. The molecule has 0 aromatic carbocycles. The Labute approximate surface area is 246 Å². The Balaban J connectivity index is 1.67. The number of carbonyl (C=O) groups excluding carboxylic acids is 4. The van der Waals surface area contributed by atoms with E-state index in [0.717, 1.165) is 70.6 Å². The number of ketones is 1. The van der Waals surface area contributed by atoms with Crippen LogP contribution in [0.2, 0.25) is 0 Å². The van der Waals surface area contributed by atoms with Crippen molar-refractivity contribution in [2.24, 2.45) is 11.7 Å². The summed E-state index contributed by atoms with van der Waals surface area (Å²) in [5, 5.41) is 12.0. The molecule has 0 spiro atoms. The first-order chi connectivity index (χ1) is 19.8. The largest absolute Gasteiger partial charge is 0.481 e. The third kappa shape index (κ3) is 12.5. The molecule has 1 saturated carbocycles. The highest BCUT2D eigenvalue weighted by Gasteiger charge is 2.42. The molecule has 2 atom stereocenters. The molecule has 10 nitrogen and oxygen atoms in total. The molecule has 4 N–H and O–H groups in total. The van der Waals surface area contributed by atoms with Crippen LogP contribution in [0.5, 0.6) is 0 Å². The first kappa shape index (κ1) is 34.7. The van der Waals surface area contributed by atoms with Crippen LogP contribution in [-0.2, 0) is 24.0 Å². The summed E-state index contributed by atoms with van der Waals surface area (Å²) in [7, 11) is 1.51. The lowest BCUT2D eigenvalue weighted by molar-refractivity contribution is -0.159. The molecule has 3 amide bonds. The van der Waals surface area contributed by atoms with Gasteiger partial charge in [0.15, 0.2) is 0 Å². The van der Waals surface area contributed by atoms with E-state index in [-0.39, 0.29) is 37.1 Å². The first-order valence-corrected chi connectivity index (χ1v) is 16.0. The number of rotatable bonds is 21. The SMILES string of the molecule is CN1C(=O)CN([C@@H](CCCCN)C(=O)NCCCCCCCCCCC(=O)C2CCCCC2)C(=O)[C@@H]1CCC(=O)O. The first-order valence-electron chi connectivity index (χ1n) is 16.0. The average molecular weight is 579 g/mol. The van der Waals surface area contributed by atoms with Gasteiger partial charge in [0, 0.05) is 32.4 Å². The van der Waals surface area contributed by atoms with E-state index in [2.05, 4.69) is 5.32 Å². The van der Waals surface area contributed by atoms with E-state index in [1.807, 2.05) is 0 Å². The van der Waals surface area contributed by atoms with Crippen LogP contribution in [0.4, 0.5) is 0 Å². The lowest BCUT2D eigenvalue weighted by Gasteiger charge is -2.41. The van der Waals surface area contributed by atoms with E-state index < -0.39 is 18.1 Å². The van der Waals surface area contributed by atoms with Gasteiger partial charge >= 0.3 is 5.97 Å². The van der Waals surface area contributed by atoms with Crippen LogP contribution in [0, 0.1) is 5.92 Å². The number of hydrogen-bond donors (Lipinski definition) is 3. The number of nitrogens with one attached hydrogen (secondary N) is 1. The number of Topliss-reactive ketones (excluding diaryl/α,β-unsaturated/α-hetero) is 1. The van der Waals surface area contributed by atoms with E-state index in [1.165, 1.54) is 36.1 Å². The van der Waals surface area contributed by atoms with Gasteiger partial charge in [0.25, 0.3) is 0 Å². The predicted molar refractivity (Wildman–Crippen MR) is 158 cm³/mol. The number of carbonyl (C=O) groups is 5. The summed E-state index contributed by atoms with van der Waals surface area (Å²) in [6, 6.07) is -1.65. The van der Waals surface area contributed by atoms with Gasteiger partial charge < -0.3 is 26.0 Å². The Bertz CT molecular complexity index is 844. The fourth-order valence-electron chi connectivity index (χ4n) is 6.06. The summed E-state index contributed by atoms with van der Waals surface area (Å²) >= 11 is 0. The quantitative estimate of drug-likeness (QED) is 0.175. The topological polar surface area (TPSA) is 150 Å². The highest BCUT2D eigenvalue weighted by atomic mass is 16.4. The lowest BCUT2D eigenvalue weighted by Crippen LogP contribution is -2.63. The Hall–Kier alpha value is -2.49. The van der Waals surface area contributed by atoms with Crippen molar-refractivity contribution in [1.82, 2.24) is 15.1 Å². The van der Waals surface area contributed by atoms with Gasteiger partial charge in [-0.3, -0.25) is 24.0 Å². The minimum Gasteiger partial charge on any atom is -0.481 e. The second-order valence-corrected chi connectivity index (χ2v) is 11.9. The molecule has 0 aromatic heterocycles. The molecule has 0 radical (unpaired) electrons. The highest BCUT2D eigenvalue weighted by Crippen LogP contribution is 2.26.